The van der Waals surface area contributed by atoms with E-state index in [1.807, 2.05) is 0 Å². The molecule has 0 saturated carbocycles. The van der Waals surface area contributed by atoms with Crippen molar-refractivity contribution in [2.24, 2.45) is 0 Å². The highest BCUT2D eigenvalue weighted by Gasteiger charge is 2.18. The topological polar surface area (TPSA) is 35.5 Å². The minimum Gasteiger partial charge on any atom is -0.346 e. The molecule has 0 radical (unpaired) electrons. The monoisotopic (exact) mass is 148 g/mol. The molecule has 0 spiro atoms. The lowest BCUT2D eigenvalue weighted by atomic mass is 10.3. The van der Waals surface area contributed by atoms with Crippen LogP contribution >= 0.6 is 0 Å². The van der Waals surface area contributed by atoms with Gasteiger partial charge in [-0.2, -0.15) is 0 Å². The highest BCUT2D eigenvalue weighted by Crippen LogP contribution is 2.12. The molecule has 4 heteroatoms. The second kappa shape index (κ2) is 3.63. The number of carbonyl (C=O) groups excluding carboxylic acids is 1. The minimum atomic E-state index is -1.35. The molecule has 1 heterocycles. The fraction of sp³-hybridized carbons (Fsp3) is 0.833. The predicted octanol–water partition coefficient (Wildman–Crippen LogP) is 0.634. The summed E-state index contributed by atoms with van der Waals surface area (Å²) in [6, 6.07) is 0. The summed E-state index contributed by atoms with van der Waals surface area (Å²) in [6.07, 6.45) is -0.983. The summed E-state index contributed by atoms with van der Waals surface area (Å²) < 4.78 is 21.7. The van der Waals surface area contributed by atoms with E-state index in [0.717, 1.165) is 0 Å². The molecule has 3 nitrogen and oxygen atoms in total. The van der Waals surface area contributed by atoms with Gasteiger partial charge in [-0.3, -0.25) is 4.79 Å². The Balaban J connectivity index is 2.37. The van der Waals surface area contributed by atoms with Gasteiger partial charge in [0.05, 0.1) is 6.61 Å². The molecule has 0 N–H and O–H groups in total. The average Bonchev–Trinajstić information content (AvgIpc) is 2.13. The van der Waals surface area contributed by atoms with Crippen molar-refractivity contribution in [3.63, 3.8) is 0 Å². The Labute approximate surface area is 58.1 Å². The lowest BCUT2D eigenvalue weighted by Gasteiger charge is -2.08. The third kappa shape index (κ3) is 2.04. The number of rotatable bonds is 1. The van der Waals surface area contributed by atoms with Crippen LogP contribution in [0.5, 0.6) is 0 Å². The molecule has 0 bridgehead atoms. The van der Waals surface area contributed by atoms with E-state index in [-0.39, 0.29) is 0 Å². The van der Waals surface area contributed by atoms with E-state index in [9.17, 15) is 9.18 Å². The van der Waals surface area contributed by atoms with Gasteiger partial charge in [-0.05, 0) is 6.42 Å². The van der Waals surface area contributed by atoms with Crippen LogP contribution in [-0.2, 0) is 14.3 Å². The van der Waals surface area contributed by atoms with Gasteiger partial charge in [0, 0.05) is 6.42 Å². The number of hydrogen-bond acceptors (Lipinski definition) is 3. The number of alkyl halides is 1. The molecule has 0 aromatic carbocycles. The second-order valence-corrected chi connectivity index (χ2v) is 2.06. The van der Waals surface area contributed by atoms with Crippen molar-refractivity contribution in [1.82, 2.24) is 0 Å². The van der Waals surface area contributed by atoms with Crippen molar-refractivity contribution < 1.29 is 18.7 Å². The minimum absolute atomic E-state index is 0.310. The van der Waals surface area contributed by atoms with Crippen LogP contribution in [0.4, 0.5) is 4.39 Å². The van der Waals surface area contributed by atoms with Crippen molar-refractivity contribution in [1.29, 1.82) is 0 Å². The summed E-state index contributed by atoms with van der Waals surface area (Å²) in [7, 11) is 0. The molecule has 1 fully saturated rings. The maximum absolute atomic E-state index is 12.4. The first kappa shape index (κ1) is 7.63. The van der Waals surface area contributed by atoms with E-state index in [2.05, 4.69) is 4.74 Å². The summed E-state index contributed by atoms with van der Waals surface area (Å²) in [5.41, 5.74) is 0. The maximum atomic E-state index is 12.4. The molecule has 2 atom stereocenters. The number of aldehydes is 1. The first-order valence-corrected chi connectivity index (χ1v) is 3.19. The van der Waals surface area contributed by atoms with Gasteiger partial charge < -0.3 is 9.47 Å². The Bertz CT molecular complexity index is 118. The van der Waals surface area contributed by atoms with Gasteiger partial charge in [0.25, 0.3) is 0 Å². The normalized spacial score (nSPS) is 34.9. The van der Waals surface area contributed by atoms with Gasteiger partial charge in [-0.1, -0.05) is 0 Å². The zero-order chi connectivity index (χ0) is 7.40. The Morgan fingerprint density at radius 3 is 3.10 bits per heavy atom. The second-order valence-electron chi connectivity index (χ2n) is 2.06. The highest BCUT2D eigenvalue weighted by atomic mass is 19.1. The lowest BCUT2D eigenvalue weighted by molar-refractivity contribution is -0.182. The fourth-order valence-corrected chi connectivity index (χ4v) is 0.768. The molecule has 10 heavy (non-hydrogen) atoms. The SMILES string of the molecule is O=CC1OCCCC(F)O1. The zero-order valence-electron chi connectivity index (χ0n) is 5.46. The third-order valence-electron chi connectivity index (χ3n) is 1.25. The molecule has 1 saturated heterocycles. The Hall–Kier alpha value is -0.480. The molecular formula is C6H9FO3. The quantitative estimate of drug-likeness (QED) is 0.512. The van der Waals surface area contributed by atoms with Crippen molar-refractivity contribution in [3.05, 3.63) is 0 Å². The highest BCUT2D eigenvalue weighted by molar-refractivity contribution is 5.53. The van der Waals surface area contributed by atoms with Crippen LogP contribution in [0.25, 0.3) is 0 Å². The zero-order valence-corrected chi connectivity index (χ0v) is 5.46. The van der Waals surface area contributed by atoms with E-state index < -0.39 is 12.6 Å². The van der Waals surface area contributed by atoms with Gasteiger partial charge in [0.15, 0.2) is 6.29 Å². The van der Waals surface area contributed by atoms with Crippen LogP contribution in [0.2, 0.25) is 0 Å². The predicted molar refractivity (Wildman–Crippen MR) is 31.0 cm³/mol. The van der Waals surface area contributed by atoms with E-state index in [0.29, 0.717) is 25.7 Å². The van der Waals surface area contributed by atoms with Crippen LogP contribution < -0.4 is 0 Å². The Morgan fingerprint density at radius 1 is 1.60 bits per heavy atom. The standard InChI is InChI=1S/C6H9FO3/c7-5-2-1-3-9-6(4-8)10-5/h4-6H,1-3H2. The van der Waals surface area contributed by atoms with Gasteiger partial charge in [-0.15, -0.1) is 0 Å². The number of halogens is 1. The summed E-state index contributed by atoms with van der Waals surface area (Å²) >= 11 is 0. The molecule has 0 aliphatic carbocycles. The van der Waals surface area contributed by atoms with Crippen molar-refractivity contribution in [2.45, 2.75) is 25.5 Å². The summed E-state index contributed by atoms with van der Waals surface area (Å²) in [5.74, 6) is 0. The van der Waals surface area contributed by atoms with E-state index in [4.69, 9.17) is 4.74 Å². The van der Waals surface area contributed by atoms with E-state index in [1.165, 1.54) is 0 Å². The Morgan fingerprint density at radius 2 is 2.40 bits per heavy atom. The van der Waals surface area contributed by atoms with Gasteiger partial charge in [0.1, 0.15) is 0 Å². The van der Waals surface area contributed by atoms with E-state index in [1.54, 1.807) is 0 Å². The smallest absolute Gasteiger partial charge is 0.217 e. The molecule has 0 aromatic heterocycles. The lowest BCUT2D eigenvalue weighted by Crippen LogP contribution is -2.20. The van der Waals surface area contributed by atoms with Gasteiger partial charge in [-0.25, -0.2) is 4.39 Å². The molecule has 2 unspecified atom stereocenters. The van der Waals surface area contributed by atoms with Crippen molar-refractivity contribution in [2.75, 3.05) is 6.61 Å². The van der Waals surface area contributed by atoms with Crippen molar-refractivity contribution in [3.8, 4) is 0 Å². The fourth-order valence-electron chi connectivity index (χ4n) is 0.768. The molecule has 0 amide bonds. The van der Waals surface area contributed by atoms with Gasteiger partial charge >= 0.3 is 0 Å². The van der Waals surface area contributed by atoms with Crippen LogP contribution in [0.3, 0.4) is 0 Å². The first-order valence-electron chi connectivity index (χ1n) is 3.19. The number of ether oxygens (including phenoxy) is 2. The summed E-state index contributed by atoms with van der Waals surface area (Å²) in [4.78, 5) is 10.0. The van der Waals surface area contributed by atoms with Crippen LogP contribution in [0.1, 0.15) is 12.8 Å². The molecular weight excluding hydrogens is 139 g/mol. The summed E-state index contributed by atoms with van der Waals surface area (Å²) in [6.45, 7) is 0.393. The molecule has 1 aliphatic rings. The maximum Gasteiger partial charge on any atom is 0.217 e. The molecule has 1 rings (SSSR count). The van der Waals surface area contributed by atoms with Crippen molar-refractivity contribution >= 4 is 6.29 Å². The Kier molecular flexibility index (Phi) is 2.77. The van der Waals surface area contributed by atoms with Crippen LogP contribution in [-0.4, -0.2) is 25.5 Å². The first-order chi connectivity index (χ1) is 4.83. The van der Waals surface area contributed by atoms with E-state index >= 15 is 0 Å². The number of carbonyl (C=O) groups is 1. The molecule has 58 valence electrons. The van der Waals surface area contributed by atoms with Crippen LogP contribution in [0.15, 0.2) is 0 Å². The average molecular weight is 148 g/mol. The molecule has 1 aliphatic heterocycles. The summed E-state index contributed by atoms with van der Waals surface area (Å²) in [5, 5.41) is 0. The van der Waals surface area contributed by atoms with Crippen LogP contribution in [0, 0.1) is 0 Å². The third-order valence-corrected chi connectivity index (χ3v) is 1.25. The number of hydrogen-bond donors (Lipinski definition) is 0. The molecule has 0 aromatic rings. The largest absolute Gasteiger partial charge is 0.346 e. The van der Waals surface area contributed by atoms with Gasteiger partial charge in [0.2, 0.25) is 12.6 Å².